The van der Waals surface area contributed by atoms with Gasteiger partial charge in [-0.15, -0.1) is 0 Å². The summed E-state index contributed by atoms with van der Waals surface area (Å²) in [5, 5.41) is 12.2. The lowest BCUT2D eigenvalue weighted by Crippen LogP contribution is -1.91. The molecule has 0 aliphatic heterocycles. The van der Waals surface area contributed by atoms with E-state index in [-0.39, 0.29) is 0 Å². The first-order valence-corrected chi connectivity index (χ1v) is 16.8. The average molecular weight is 641 g/mol. The number of para-hydroxylation sites is 1. The zero-order valence-electron chi connectivity index (χ0n) is 26.5. The van der Waals surface area contributed by atoms with Crippen molar-refractivity contribution in [3.63, 3.8) is 0 Å². The summed E-state index contributed by atoms with van der Waals surface area (Å²) in [6, 6.07) is 49.1. The molecule has 4 heteroatoms. The van der Waals surface area contributed by atoms with Crippen LogP contribution in [0.25, 0.3) is 121 Å². The van der Waals surface area contributed by atoms with E-state index in [2.05, 4.69) is 109 Å². The molecule has 0 spiro atoms. The van der Waals surface area contributed by atoms with E-state index < -0.39 is 0 Å². The summed E-state index contributed by atoms with van der Waals surface area (Å²) in [4.78, 5) is 0. The first-order chi connectivity index (χ1) is 24.8. The summed E-state index contributed by atoms with van der Waals surface area (Å²) in [5.41, 5.74) is 10.4. The summed E-state index contributed by atoms with van der Waals surface area (Å²) in [7, 11) is 0. The van der Waals surface area contributed by atoms with Crippen molar-refractivity contribution < 1.29 is 17.7 Å². The van der Waals surface area contributed by atoms with Crippen LogP contribution in [0.4, 0.5) is 0 Å². The van der Waals surface area contributed by atoms with Crippen LogP contribution >= 0.6 is 0 Å². The van der Waals surface area contributed by atoms with Gasteiger partial charge in [-0.05, 0) is 98.4 Å². The number of furan rings is 4. The minimum atomic E-state index is 0.782. The largest absolute Gasteiger partial charge is 0.464 e. The van der Waals surface area contributed by atoms with Crippen LogP contribution < -0.4 is 0 Å². The number of hydrogen-bond acceptors (Lipinski definition) is 4. The summed E-state index contributed by atoms with van der Waals surface area (Å²) in [5.74, 6) is 0. The number of fused-ring (bicyclic) bond motifs is 14. The van der Waals surface area contributed by atoms with Gasteiger partial charge in [0.15, 0.2) is 11.2 Å². The molecule has 0 unspecified atom stereocenters. The van der Waals surface area contributed by atoms with Crippen molar-refractivity contribution in [2.75, 3.05) is 0 Å². The Morgan fingerprint density at radius 3 is 1.66 bits per heavy atom. The maximum absolute atomic E-state index is 6.67. The van der Waals surface area contributed by atoms with E-state index in [4.69, 9.17) is 17.7 Å². The van der Waals surface area contributed by atoms with E-state index in [0.717, 1.165) is 87.9 Å². The van der Waals surface area contributed by atoms with Crippen LogP contribution in [0.3, 0.4) is 0 Å². The zero-order valence-corrected chi connectivity index (χ0v) is 26.5. The molecule has 8 aromatic carbocycles. The predicted octanol–water partition coefficient (Wildman–Crippen LogP) is 13.8. The molecule has 12 aromatic rings. The number of benzene rings is 8. The third-order valence-electron chi connectivity index (χ3n) is 10.6. The molecule has 0 saturated carbocycles. The normalized spacial score (nSPS) is 12.4. The van der Waals surface area contributed by atoms with Gasteiger partial charge in [0.2, 0.25) is 0 Å². The highest BCUT2D eigenvalue weighted by molar-refractivity contribution is 6.27. The van der Waals surface area contributed by atoms with Crippen LogP contribution in [0.1, 0.15) is 0 Å². The fraction of sp³-hybridized carbons (Fsp3) is 0. The SMILES string of the molecule is c1ccc2c(c1)oc1c2ccc2c3ccc(-c4c5ccccc5c(-c5cccc6oc7c8ccoc8ccc7c56)c5ccccc45)cc3oc21. The Kier molecular flexibility index (Phi) is 4.94. The highest BCUT2D eigenvalue weighted by Crippen LogP contribution is 2.48. The molecule has 232 valence electrons. The van der Waals surface area contributed by atoms with Crippen LogP contribution in [0.15, 0.2) is 163 Å². The Balaban J connectivity index is 1.15. The van der Waals surface area contributed by atoms with Crippen LogP contribution in [0, 0.1) is 0 Å². The Morgan fingerprint density at radius 1 is 0.320 bits per heavy atom. The minimum absolute atomic E-state index is 0.782. The lowest BCUT2D eigenvalue weighted by atomic mass is 9.85. The molecule has 0 atom stereocenters. The maximum atomic E-state index is 6.67. The van der Waals surface area contributed by atoms with E-state index in [1.807, 2.05) is 30.3 Å². The summed E-state index contributed by atoms with van der Waals surface area (Å²) < 4.78 is 25.3. The smallest absolute Gasteiger partial charge is 0.178 e. The molecule has 12 rings (SSSR count). The molecule has 0 aliphatic carbocycles. The third-order valence-corrected chi connectivity index (χ3v) is 10.6. The Bertz CT molecular complexity index is 3330. The lowest BCUT2D eigenvalue weighted by Gasteiger charge is -2.18. The molecule has 0 radical (unpaired) electrons. The van der Waals surface area contributed by atoms with E-state index >= 15 is 0 Å². The van der Waals surface area contributed by atoms with Gasteiger partial charge in [-0.25, -0.2) is 0 Å². The van der Waals surface area contributed by atoms with E-state index in [1.54, 1.807) is 6.26 Å². The monoisotopic (exact) mass is 640 g/mol. The second kappa shape index (κ2) is 9.43. The van der Waals surface area contributed by atoms with Crippen molar-refractivity contribution in [1.82, 2.24) is 0 Å². The Morgan fingerprint density at radius 2 is 0.900 bits per heavy atom. The van der Waals surface area contributed by atoms with Gasteiger partial charge in [0.1, 0.15) is 27.9 Å². The van der Waals surface area contributed by atoms with Crippen LogP contribution in [0.2, 0.25) is 0 Å². The molecular weight excluding hydrogens is 617 g/mol. The van der Waals surface area contributed by atoms with Gasteiger partial charge in [-0.1, -0.05) is 84.9 Å². The van der Waals surface area contributed by atoms with Gasteiger partial charge in [-0.2, -0.15) is 0 Å². The molecular formula is C46H24O4. The Hall–Kier alpha value is -6.78. The van der Waals surface area contributed by atoms with E-state index in [1.165, 1.54) is 32.7 Å². The maximum Gasteiger partial charge on any atom is 0.178 e. The van der Waals surface area contributed by atoms with E-state index in [0.29, 0.717) is 0 Å². The van der Waals surface area contributed by atoms with Crippen LogP contribution in [0.5, 0.6) is 0 Å². The van der Waals surface area contributed by atoms with Crippen molar-refractivity contribution in [3.8, 4) is 22.3 Å². The number of rotatable bonds is 2. The third kappa shape index (κ3) is 3.34. The fourth-order valence-electron chi connectivity index (χ4n) is 8.44. The van der Waals surface area contributed by atoms with Crippen molar-refractivity contribution in [3.05, 3.63) is 146 Å². The molecule has 4 aromatic heterocycles. The molecule has 0 fully saturated rings. The molecule has 0 saturated heterocycles. The van der Waals surface area contributed by atoms with Crippen molar-refractivity contribution >= 4 is 98.3 Å². The average Bonchev–Trinajstić information content (AvgIpc) is 3.95. The quantitative estimate of drug-likeness (QED) is 0.176. The van der Waals surface area contributed by atoms with Crippen molar-refractivity contribution in [1.29, 1.82) is 0 Å². The van der Waals surface area contributed by atoms with Crippen molar-refractivity contribution in [2.24, 2.45) is 0 Å². The first kappa shape index (κ1) is 26.2. The van der Waals surface area contributed by atoms with E-state index in [9.17, 15) is 0 Å². The highest BCUT2D eigenvalue weighted by Gasteiger charge is 2.22. The molecule has 4 nitrogen and oxygen atoms in total. The second-order valence-corrected chi connectivity index (χ2v) is 13.1. The van der Waals surface area contributed by atoms with Gasteiger partial charge >= 0.3 is 0 Å². The molecule has 0 bridgehead atoms. The topological polar surface area (TPSA) is 52.6 Å². The summed E-state index contributed by atoms with van der Waals surface area (Å²) in [6.45, 7) is 0. The molecule has 4 heterocycles. The van der Waals surface area contributed by atoms with Gasteiger partial charge in [0.25, 0.3) is 0 Å². The van der Waals surface area contributed by atoms with Crippen LogP contribution in [-0.4, -0.2) is 0 Å². The highest BCUT2D eigenvalue weighted by atomic mass is 16.4. The van der Waals surface area contributed by atoms with Crippen molar-refractivity contribution in [2.45, 2.75) is 0 Å². The molecule has 50 heavy (non-hydrogen) atoms. The molecule has 0 N–H and O–H groups in total. The van der Waals surface area contributed by atoms with Gasteiger partial charge in [0.05, 0.1) is 11.6 Å². The first-order valence-electron chi connectivity index (χ1n) is 16.8. The standard InChI is InChI=1S/C46H24O4/c1-3-11-30-28(9-1)41(25-16-17-27-33-19-18-32-26-8-5-6-14-38(26)48-45(32)46(33)50-40(27)24-25)29-10-2-4-12-31(29)42(30)35-13-7-15-39-43(35)36-20-21-37-34(22-23-47-37)44(36)49-39/h1-24H. The van der Waals surface area contributed by atoms with Gasteiger partial charge in [-0.3, -0.25) is 0 Å². The fourth-order valence-corrected chi connectivity index (χ4v) is 8.44. The molecule has 0 amide bonds. The summed E-state index contributed by atoms with van der Waals surface area (Å²) >= 11 is 0. The van der Waals surface area contributed by atoms with Gasteiger partial charge in [0, 0.05) is 32.3 Å². The number of hydrogen-bond donors (Lipinski definition) is 0. The Labute approximate surface area is 283 Å². The lowest BCUT2D eigenvalue weighted by molar-refractivity contribution is 0.615. The van der Waals surface area contributed by atoms with Crippen LogP contribution in [-0.2, 0) is 0 Å². The molecule has 0 aliphatic rings. The van der Waals surface area contributed by atoms with Gasteiger partial charge < -0.3 is 17.7 Å². The minimum Gasteiger partial charge on any atom is -0.464 e. The predicted molar refractivity (Wildman–Crippen MR) is 204 cm³/mol. The summed E-state index contributed by atoms with van der Waals surface area (Å²) in [6.07, 6.45) is 1.72. The second-order valence-electron chi connectivity index (χ2n) is 13.1. The zero-order chi connectivity index (χ0) is 32.5.